The molecule has 0 aromatic carbocycles. The van der Waals surface area contributed by atoms with E-state index < -0.39 is 35.7 Å². The minimum atomic E-state index is -1.17. The molecule has 0 aromatic rings. The number of carbonyl (C=O) groups is 3. The molecule has 2 unspecified atom stereocenters. The predicted molar refractivity (Wildman–Crippen MR) is 46.8 cm³/mol. The van der Waals surface area contributed by atoms with Crippen LogP contribution in [0.15, 0.2) is 12.0 Å². The number of carbonyl (C=O) groups excluding carboxylic acids is 3. The van der Waals surface area contributed by atoms with Crippen LogP contribution in [-0.4, -0.2) is 30.2 Å². The Hall–Kier alpha value is -2.38. The molecule has 4 N–H and O–H groups in total. The SMILES string of the molecule is O=C1C=C([O-])NC(C2C(=O)NC=[NH+]C2=O)N1. The highest BCUT2D eigenvalue weighted by atomic mass is 16.3. The van der Waals surface area contributed by atoms with E-state index in [4.69, 9.17) is 0 Å². The van der Waals surface area contributed by atoms with Crippen LogP contribution in [-0.2, 0) is 14.4 Å². The molecule has 0 saturated carbocycles. The maximum atomic E-state index is 11.4. The van der Waals surface area contributed by atoms with Gasteiger partial charge in [-0.3, -0.25) is 4.79 Å². The average molecular weight is 224 g/mol. The van der Waals surface area contributed by atoms with Crippen LogP contribution in [0.4, 0.5) is 0 Å². The van der Waals surface area contributed by atoms with Crippen LogP contribution in [0.2, 0.25) is 0 Å². The van der Waals surface area contributed by atoms with Gasteiger partial charge in [0.05, 0.1) is 0 Å². The third-order valence-electron chi connectivity index (χ3n) is 2.18. The molecule has 84 valence electrons. The third kappa shape index (κ3) is 1.72. The van der Waals surface area contributed by atoms with Crippen LogP contribution in [0, 0.1) is 5.92 Å². The average Bonchev–Trinajstić information content (AvgIpc) is 2.15. The zero-order chi connectivity index (χ0) is 11.7. The lowest BCUT2D eigenvalue weighted by Crippen LogP contribution is -2.84. The second kappa shape index (κ2) is 3.65. The number of amides is 3. The Balaban J connectivity index is 2.22. The van der Waals surface area contributed by atoms with Crippen molar-refractivity contribution in [2.75, 3.05) is 0 Å². The normalized spacial score (nSPS) is 29.0. The van der Waals surface area contributed by atoms with Gasteiger partial charge in [0.15, 0.2) is 5.92 Å². The molecule has 3 amide bonds. The molecule has 0 spiro atoms. The molecule has 0 aliphatic carbocycles. The standard InChI is InChI=1S/C8H8N4O4/c13-3-1-4(14)12-6(11-3)5-7(15)9-2-10-8(5)16/h1-2,5-6,11,13H,(H,12,14)(H,9,10,15,16). The van der Waals surface area contributed by atoms with Gasteiger partial charge in [0.2, 0.25) is 12.2 Å². The molecule has 0 radical (unpaired) electrons. The van der Waals surface area contributed by atoms with E-state index in [0.717, 1.165) is 12.4 Å². The highest BCUT2D eigenvalue weighted by Crippen LogP contribution is 2.05. The van der Waals surface area contributed by atoms with E-state index in [2.05, 4.69) is 20.9 Å². The molecule has 2 aliphatic heterocycles. The monoisotopic (exact) mass is 224 g/mol. The van der Waals surface area contributed by atoms with Gasteiger partial charge in [-0.2, -0.15) is 0 Å². The molecular weight excluding hydrogens is 216 g/mol. The molecule has 2 rings (SSSR count). The summed E-state index contributed by atoms with van der Waals surface area (Å²) in [6, 6.07) is 0. The quantitative estimate of drug-likeness (QED) is 0.331. The summed E-state index contributed by atoms with van der Waals surface area (Å²) in [5.41, 5.74) is 0. The van der Waals surface area contributed by atoms with Crippen molar-refractivity contribution >= 4 is 24.1 Å². The summed E-state index contributed by atoms with van der Waals surface area (Å²) in [4.78, 5) is 36.1. The van der Waals surface area contributed by atoms with Crippen LogP contribution in [0.1, 0.15) is 0 Å². The van der Waals surface area contributed by atoms with E-state index in [9.17, 15) is 19.5 Å². The summed E-state index contributed by atoms with van der Waals surface area (Å²) in [6.45, 7) is 0. The van der Waals surface area contributed by atoms with Crippen molar-refractivity contribution < 1.29 is 24.5 Å². The lowest BCUT2D eigenvalue weighted by atomic mass is 10.0. The first-order chi connectivity index (χ1) is 7.58. The van der Waals surface area contributed by atoms with Gasteiger partial charge >= 0.3 is 11.8 Å². The molecule has 2 aliphatic rings. The van der Waals surface area contributed by atoms with E-state index >= 15 is 0 Å². The Labute approximate surface area is 89.4 Å². The highest BCUT2D eigenvalue weighted by Gasteiger charge is 2.42. The molecule has 2 heterocycles. The van der Waals surface area contributed by atoms with E-state index in [-0.39, 0.29) is 0 Å². The van der Waals surface area contributed by atoms with E-state index in [1.54, 1.807) is 0 Å². The van der Waals surface area contributed by atoms with Crippen molar-refractivity contribution in [2.24, 2.45) is 5.92 Å². The number of hydrogen-bond acceptors (Lipinski definition) is 5. The smallest absolute Gasteiger partial charge is 0.326 e. The Morgan fingerprint density at radius 1 is 1.25 bits per heavy atom. The van der Waals surface area contributed by atoms with Crippen LogP contribution >= 0.6 is 0 Å². The van der Waals surface area contributed by atoms with Crippen molar-refractivity contribution in [3.05, 3.63) is 12.0 Å². The second-order valence-corrected chi connectivity index (χ2v) is 3.28. The summed E-state index contributed by atoms with van der Waals surface area (Å²) in [7, 11) is 0. The zero-order valence-electron chi connectivity index (χ0n) is 7.94. The number of nitrogens with one attached hydrogen (secondary N) is 4. The molecular formula is C8H8N4O4. The summed E-state index contributed by atoms with van der Waals surface area (Å²) in [5, 5.41) is 18.0. The van der Waals surface area contributed by atoms with Gasteiger partial charge in [0.25, 0.3) is 0 Å². The van der Waals surface area contributed by atoms with Crippen LogP contribution in [0.25, 0.3) is 0 Å². The van der Waals surface area contributed by atoms with Crippen LogP contribution in [0.5, 0.6) is 0 Å². The Bertz CT molecular complexity index is 428. The summed E-state index contributed by atoms with van der Waals surface area (Å²) in [6.07, 6.45) is 0.875. The first-order valence-electron chi connectivity index (χ1n) is 4.46. The fraction of sp³-hybridized carbons (Fsp3) is 0.250. The third-order valence-corrected chi connectivity index (χ3v) is 2.18. The molecule has 0 bridgehead atoms. The molecule has 0 fully saturated rings. The van der Waals surface area contributed by atoms with E-state index in [1.807, 2.05) is 0 Å². The number of hydrogen-bond donors (Lipinski definition) is 4. The lowest BCUT2D eigenvalue weighted by molar-refractivity contribution is -0.382. The van der Waals surface area contributed by atoms with Crippen molar-refractivity contribution in [1.82, 2.24) is 16.0 Å². The maximum absolute atomic E-state index is 11.4. The van der Waals surface area contributed by atoms with Crippen LogP contribution in [0.3, 0.4) is 0 Å². The molecule has 8 heteroatoms. The first-order valence-corrected chi connectivity index (χ1v) is 4.46. The van der Waals surface area contributed by atoms with Gasteiger partial charge in [-0.05, 0) is 5.88 Å². The van der Waals surface area contributed by atoms with Gasteiger partial charge in [-0.25, -0.2) is 19.9 Å². The van der Waals surface area contributed by atoms with Gasteiger partial charge in [-0.1, -0.05) is 0 Å². The van der Waals surface area contributed by atoms with E-state index in [1.165, 1.54) is 0 Å². The summed E-state index contributed by atoms with van der Waals surface area (Å²) in [5.74, 6) is -3.62. The summed E-state index contributed by atoms with van der Waals surface area (Å²) >= 11 is 0. The van der Waals surface area contributed by atoms with Crippen molar-refractivity contribution in [3.63, 3.8) is 0 Å². The minimum absolute atomic E-state index is 0.587. The Morgan fingerprint density at radius 2 is 2.00 bits per heavy atom. The fourth-order valence-corrected chi connectivity index (χ4v) is 1.49. The highest BCUT2D eigenvalue weighted by molar-refractivity contribution is 6.05. The van der Waals surface area contributed by atoms with Crippen molar-refractivity contribution in [2.45, 2.75) is 6.17 Å². The Morgan fingerprint density at radius 3 is 2.62 bits per heavy atom. The van der Waals surface area contributed by atoms with Crippen LogP contribution < -0.4 is 26.0 Å². The van der Waals surface area contributed by atoms with Gasteiger partial charge in [-0.15, -0.1) is 0 Å². The lowest BCUT2D eigenvalue weighted by Gasteiger charge is -2.31. The molecule has 8 nitrogen and oxygen atoms in total. The van der Waals surface area contributed by atoms with Crippen molar-refractivity contribution in [3.8, 4) is 0 Å². The molecule has 2 atom stereocenters. The number of rotatable bonds is 1. The van der Waals surface area contributed by atoms with Gasteiger partial charge < -0.3 is 15.7 Å². The van der Waals surface area contributed by atoms with E-state index in [0.29, 0.717) is 0 Å². The predicted octanol–water partition coefficient (Wildman–Crippen LogP) is -5.38. The molecule has 16 heavy (non-hydrogen) atoms. The fourth-order valence-electron chi connectivity index (χ4n) is 1.49. The largest absolute Gasteiger partial charge is 0.860 e. The van der Waals surface area contributed by atoms with Gasteiger partial charge in [0.1, 0.15) is 6.17 Å². The minimum Gasteiger partial charge on any atom is -0.860 e. The van der Waals surface area contributed by atoms with Crippen molar-refractivity contribution in [1.29, 1.82) is 0 Å². The Kier molecular flexibility index (Phi) is 2.31. The second-order valence-electron chi connectivity index (χ2n) is 3.28. The first kappa shape index (κ1) is 10.1. The van der Waals surface area contributed by atoms with Gasteiger partial charge in [0, 0.05) is 6.08 Å². The molecule has 0 aromatic heterocycles. The molecule has 0 saturated heterocycles. The topological polar surface area (TPSA) is 124 Å². The maximum Gasteiger partial charge on any atom is 0.326 e. The zero-order valence-corrected chi connectivity index (χ0v) is 7.94. The summed E-state index contributed by atoms with van der Waals surface area (Å²) < 4.78 is 0.